The fourth-order valence-corrected chi connectivity index (χ4v) is 3.58. The molecule has 0 fully saturated rings. The normalized spacial score (nSPS) is 11.7. The van der Waals surface area contributed by atoms with Gasteiger partial charge in [-0.25, -0.2) is 4.79 Å². The van der Waals surface area contributed by atoms with E-state index in [1.807, 2.05) is 0 Å². The van der Waals surface area contributed by atoms with Gasteiger partial charge in [0.05, 0.1) is 0 Å². The van der Waals surface area contributed by atoms with Crippen molar-refractivity contribution in [2.24, 2.45) is 5.92 Å². The largest absolute Gasteiger partial charge is 0.507 e. The summed E-state index contributed by atoms with van der Waals surface area (Å²) in [6.07, 6.45) is 2.47. The van der Waals surface area contributed by atoms with Gasteiger partial charge in [-0.3, -0.25) is 0 Å². The monoisotopic (exact) mass is 340 g/mol. The average Bonchev–Trinajstić information content (AvgIpc) is 2.51. The lowest BCUT2D eigenvalue weighted by molar-refractivity contribution is 0.0692. The van der Waals surface area contributed by atoms with Crippen LogP contribution in [-0.2, 0) is 18.3 Å². The quantitative estimate of drug-likeness (QED) is 0.728. The van der Waals surface area contributed by atoms with Gasteiger partial charge in [0.2, 0.25) is 0 Å². The first kappa shape index (κ1) is 19.0. The van der Waals surface area contributed by atoms with Crippen molar-refractivity contribution in [1.29, 1.82) is 0 Å². The minimum absolute atomic E-state index is 0.0113. The summed E-state index contributed by atoms with van der Waals surface area (Å²) < 4.78 is 0. The van der Waals surface area contributed by atoms with Crippen molar-refractivity contribution >= 4 is 5.97 Å². The summed E-state index contributed by atoms with van der Waals surface area (Å²) in [7, 11) is 0. The molecule has 0 saturated heterocycles. The molecule has 0 aromatic heterocycles. The molecule has 0 atom stereocenters. The van der Waals surface area contributed by atoms with E-state index in [9.17, 15) is 15.0 Å². The number of hydrogen-bond acceptors (Lipinski definition) is 2. The predicted molar refractivity (Wildman–Crippen MR) is 101 cm³/mol. The van der Waals surface area contributed by atoms with Gasteiger partial charge in [-0.05, 0) is 53.4 Å². The fraction of sp³-hybridized carbons (Fsp3) is 0.409. The number of aryl methyl sites for hydroxylation is 2. The summed E-state index contributed by atoms with van der Waals surface area (Å²) in [5.74, 6) is -0.607. The smallest absolute Gasteiger partial charge is 0.339 e. The third-order valence-corrected chi connectivity index (χ3v) is 4.68. The summed E-state index contributed by atoms with van der Waals surface area (Å²) >= 11 is 0. The number of benzene rings is 2. The molecule has 2 aromatic carbocycles. The Morgan fingerprint density at radius 1 is 1.04 bits per heavy atom. The van der Waals surface area contributed by atoms with Crippen LogP contribution < -0.4 is 0 Å². The van der Waals surface area contributed by atoms with Crippen LogP contribution in [0, 0.1) is 5.92 Å². The summed E-state index contributed by atoms with van der Waals surface area (Å²) in [6, 6.07) is 13.5. The van der Waals surface area contributed by atoms with Crippen molar-refractivity contribution in [3.05, 3.63) is 64.7 Å². The molecule has 0 spiro atoms. The van der Waals surface area contributed by atoms with E-state index in [1.165, 1.54) is 17.2 Å². The number of carboxylic acid groups (broad SMARTS) is 1. The van der Waals surface area contributed by atoms with Gasteiger partial charge in [0.15, 0.2) is 0 Å². The van der Waals surface area contributed by atoms with Crippen LogP contribution in [0.4, 0.5) is 0 Å². The van der Waals surface area contributed by atoms with Gasteiger partial charge in [-0.15, -0.1) is 0 Å². The van der Waals surface area contributed by atoms with Crippen LogP contribution in [0.3, 0.4) is 0 Å². The molecular weight excluding hydrogens is 312 g/mol. The molecule has 3 heteroatoms. The molecule has 0 unspecified atom stereocenters. The van der Waals surface area contributed by atoms with Gasteiger partial charge in [-0.1, -0.05) is 64.1 Å². The van der Waals surface area contributed by atoms with Crippen LogP contribution in [0.25, 0.3) is 0 Å². The Morgan fingerprint density at radius 2 is 1.68 bits per heavy atom. The second-order valence-corrected chi connectivity index (χ2v) is 7.80. The van der Waals surface area contributed by atoms with E-state index in [2.05, 4.69) is 52.0 Å². The number of carbonyl (C=O) groups is 1. The Kier molecular flexibility index (Phi) is 5.89. The maximum Gasteiger partial charge on any atom is 0.339 e. The fourth-order valence-electron chi connectivity index (χ4n) is 3.58. The number of carboxylic acids is 1. The second kappa shape index (κ2) is 7.73. The summed E-state index contributed by atoms with van der Waals surface area (Å²) in [6.45, 7) is 9.03. The van der Waals surface area contributed by atoms with E-state index in [0.29, 0.717) is 17.9 Å². The molecule has 0 bridgehead atoms. The first-order valence-electron chi connectivity index (χ1n) is 8.84. The molecule has 0 radical (unpaired) electrons. The molecule has 134 valence electrons. The topological polar surface area (TPSA) is 57.5 Å². The molecule has 2 N–H and O–H groups in total. The lowest BCUT2D eigenvalue weighted by Crippen LogP contribution is -2.19. The third-order valence-electron chi connectivity index (χ3n) is 4.68. The Balaban J connectivity index is 2.11. The molecule has 2 rings (SSSR count). The van der Waals surface area contributed by atoms with Crippen molar-refractivity contribution in [2.75, 3.05) is 0 Å². The standard InChI is InChI=1S/C22H28O3/c1-15(2)14-22(3,4)18-12-9-16(10-13-18)8-11-17-6-5-7-19(23)20(17)21(24)25/h5-7,9-10,12-13,15,23H,8,11,14H2,1-4H3,(H,24,25). The van der Waals surface area contributed by atoms with Gasteiger partial charge in [0.25, 0.3) is 0 Å². The molecular formula is C22H28O3. The average molecular weight is 340 g/mol. The Morgan fingerprint density at radius 3 is 2.24 bits per heavy atom. The molecule has 25 heavy (non-hydrogen) atoms. The minimum atomic E-state index is -1.08. The van der Waals surface area contributed by atoms with E-state index in [4.69, 9.17) is 0 Å². The van der Waals surface area contributed by atoms with E-state index >= 15 is 0 Å². The summed E-state index contributed by atoms with van der Waals surface area (Å²) in [4.78, 5) is 11.3. The number of phenols is 1. The van der Waals surface area contributed by atoms with Crippen molar-refractivity contribution in [3.63, 3.8) is 0 Å². The molecule has 2 aromatic rings. The first-order chi connectivity index (χ1) is 11.7. The number of aromatic hydroxyl groups is 1. The lowest BCUT2D eigenvalue weighted by atomic mass is 9.77. The predicted octanol–water partition coefficient (Wildman–Crippen LogP) is 5.20. The highest BCUT2D eigenvalue weighted by Crippen LogP contribution is 2.30. The highest BCUT2D eigenvalue weighted by molar-refractivity contribution is 5.92. The van der Waals surface area contributed by atoms with Crippen LogP contribution in [0.15, 0.2) is 42.5 Å². The van der Waals surface area contributed by atoms with Crippen LogP contribution in [-0.4, -0.2) is 16.2 Å². The summed E-state index contributed by atoms with van der Waals surface area (Å²) in [5.41, 5.74) is 3.32. The first-order valence-corrected chi connectivity index (χ1v) is 8.84. The SMILES string of the molecule is CC(C)CC(C)(C)c1ccc(CCc2cccc(O)c2C(=O)O)cc1. The minimum Gasteiger partial charge on any atom is -0.507 e. The van der Waals surface area contributed by atoms with Crippen LogP contribution >= 0.6 is 0 Å². The highest BCUT2D eigenvalue weighted by atomic mass is 16.4. The van der Waals surface area contributed by atoms with E-state index in [0.717, 1.165) is 12.8 Å². The van der Waals surface area contributed by atoms with Crippen molar-refractivity contribution in [3.8, 4) is 5.75 Å². The molecule has 0 amide bonds. The lowest BCUT2D eigenvalue weighted by Gasteiger charge is -2.27. The van der Waals surface area contributed by atoms with Gasteiger partial charge >= 0.3 is 5.97 Å². The maximum absolute atomic E-state index is 11.3. The van der Waals surface area contributed by atoms with Crippen LogP contribution in [0.2, 0.25) is 0 Å². The Labute approximate surface area is 150 Å². The highest BCUT2D eigenvalue weighted by Gasteiger charge is 2.21. The van der Waals surface area contributed by atoms with Gasteiger partial charge in [-0.2, -0.15) is 0 Å². The number of aromatic carboxylic acids is 1. The van der Waals surface area contributed by atoms with E-state index < -0.39 is 5.97 Å². The van der Waals surface area contributed by atoms with Gasteiger partial charge in [0, 0.05) is 0 Å². The zero-order valence-electron chi connectivity index (χ0n) is 15.5. The van der Waals surface area contributed by atoms with E-state index in [-0.39, 0.29) is 16.7 Å². The van der Waals surface area contributed by atoms with Crippen molar-refractivity contribution in [2.45, 2.75) is 52.4 Å². The van der Waals surface area contributed by atoms with Crippen LogP contribution in [0.1, 0.15) is 61.2 Å². The third kappa shape index (κ3) is 4.85. The van der Waals surface area contributed by atoms with Gasteiger partial charge < -0.3 is 10.2 Å². The van der Waals surface area contributed by atoms with Crippen LogP contribution in [0.5, 0.6) is 5.75 Å². The molecule has 0 aliphatic heterocycles. The number of rotatable bonds is 7. The molecule has 0 heterocycles. The number of hydrogen-bond donors (Lipinski definition) is 2. The van der Waals surface area contributed by atoms with Crippen molar-refractivity contribution < 1.29 is 15.0 Å². The van der Waals surface area contributed by atoms with Gasteiger partial charge in [0.1, 0.15) is 11.3 Å². The zero-order valence-corrected chi connectivity index (χ0v) is 15.5. The summed E-state index contributed by atoms with van der Waals surface area (Å²) in [5, 5.41) is 19.1. The zero-order chi connectivity index (χ0) is 18.6. The second-order valence-electron chi connectivity index (χ2n) is 7.80. The Hall–Kier alpha value is -2.29. The molecule has 0 saturated carbocycles. The molecule has 0 aliphatic rings. The Bertz CT molecular complexity index is 727. The van der Waals surface area contributed by atoms with Crippen molar-refractivity contribution in [1.82, 2.24) is 0 Å². The molecule has 3 nitrogen and oxygen atoms in total. The molecule has 0 aliphatic carbocycles. The maximum atomic E-state index is 11.3. The van der Waals surface area contributed by atoms with E-state index in [1.54, 1.807) is 12.1 Å².